The van der Waals surface area contributed by atoms with Gasteiger partial charge in [-0.3, -0.25) is 9.78 Å². The highest BCUT2D eigenvalue weighted by atomic mass is 79.9. The number of ether oxygens (including phenoxy) is 1. The van der Waals surface area contributed by atoms with Gasteiger partial charge in [0.15, 0.2) is 6.61 Å². The third-order valence-corrected chi connectivity index (χ3v) is 7.77. The number of hydrogen-bond acceptors (Lipinski definition) is 4. The van der Waals surface area contributed by atoms with Crippen LogP contribution in [-0.2, 0) is 22.4 Å². The molecule has 4 rings (SSSR count). The van der Waals surface area contributed by atoms with Crippen LogP contribution in [-0.4, -0.2) is 23.5 Å². The van der Waals surface area contributed by atoms with Gasteiger partial charge in [0.1, 0.15) is 0 Å². The van der Waals surface area contributed by atoms with Gasteiger partial charge in [-0.1, -0.05) is 61.3 Å². The number of halogens is 1. The molecule has 1 aliphatic carbocycles. The number of aryl methyl sites for hydroxylation is 2. The highest BCUT2D eigenvalue weighted by Crippen LogP contribution is 2.41. The molecule has 0 aliphatic heterocycles. The summed E-state index contributed by atoms with van der Waals surface area (Å²) in [5.74, 6) is -0.369. The van der Waals surface area contributed by atoms with Gasteiger partial charge in [-0.15, -0.1) is 0 Å². The molecule has 0 radical (unpaired) electrons. The number of amides is 1. The summed E-state index contributed by atoms with van der Waals surface area (Å²) in [4.78, 5) is 30.8. The molecule has 5 nitrogen and oxygen atoms in total. The van der Waals surface area contributed by atoms with Crippen LogP contribution in [0.4, 0.5) is 5.69 Å². The zero-order valence-corrected chi connectivity index (χ0v) is 21.8. The Kier molecular flexibility index (Phi) is 7.08. The normalized spacial score (nSPS) is 15.6. The van der Waals surface area contributed by atoms with Gasteiger partial charge in [0.05, 0.1) is 11.1 Å². The van der Waals surface area contributed by atoms with E-state index < -0.39 is 5.97 Å². The minimum absolute atomic E-state index is 0.174. The molecule has 1 amide bonds. The molecule has 3 aromatic rings. The number of pyridine rings is 1. The molecule has 6 heteroatoms. The summed E-state index contributed by atoms with van der Waals surface area (Å²) < 4.78 is 6.50. The molecule has 0 spiro atoms. The Morgan fingerprint density at radius 1 is 1.21 bits per heavy atom. The third-order valence-electron chi connectivity index (χ3n) is 7.28. The first-order valence-electron chi connectivity index (χ1n) is 11.8. The van der Waals surface area contributed by atoms with Gasteiger partial charge in [-0.05, 0) is 72.9 Å². The monoisotopic (exact) mass is 522 g/mol. The number of anilines is 1. The van der Waals surface area contributed by atoms with Crippen LogP contribution in [0, 0.1) is 18.3 Å². The fourth-order valence-electron chi connectivity index (χ4n) is 4.73. The minimum atomic E-state index is -0.465. The minimum Gasteiger partial charge on any atom is -0.452 e. The molecule has 0 fully saturated rings. The van der Waals surface area contributed by atoms with E-state index in [0.717, 1.165) is 57.9 Å². The molecular weight excluding hydrogens is 492 g/mol. The van der Waals surface area contributed by atoms with E-state index in [0.29, 0.717) is 17.2 Å². The Morgan fingerprint density at radius 2 is 1.97 bits per heavy atom. The molecule has 1 atom stereocenters. The Bertz CT molecular complexity index is 1250. The number of fused-ring (bicyclic) bond motifs is 2. The van der Waals surface area contributed by atoms with E-state index in [1.54, 1.807) is 0 Å². The van der Waals surface area contributed by atoms with Crippen LogP contribution < -0.4 is 5.32 Å². The Balaban J connectivity index is 1.59. The van der Waals surface area contributed by atoms with Crippen molar-refractivity contribution in [2.75, 3.05) is 11.9 Å². The lowest BCUT2D eigenvalue weighted by atomic mass is 9.68. The van der Waals surface area contributed by atoms with Crippen LogP contribution in [0.5, 0.6) is 0 Å². The maximum atomic E-state index is 13.4. The molecule has 1 unspecified atom stereocenters. The van der Waals surface area contributed by atoms with Gasteiger partial charge < -0.3 is 10.1 Å². The highest BCUT2D eigenvalue weighted by Gasteiger charge is 2.34. The second-order valence-corrected chi connectivity index (χ2v) is 10.7. The second-order valence-electron chi connectivity index (χ2n) is 9.79. The van der Waals surface area contributed by atoms with Gasteiger partial charge in [0, 0.05) is 21.2 Å². The zero-order chi connectivity index (χ0) is 24.5. The third kappa shape index (κ3) is 5.02. The van der Waals surface area contributed by atoms with Crippen LogP contribution in [0.15, 0.2) is 46.9 Å². The van der Waals surface area contributed by atoms with E-state index in [-0.39, 0.29) is 17.9 Å². The molecular formula is C28H31BrN2O3. The van der Waals surface area contributed by atoms with E-state index in [1.807, 2.05) is 49.4 Å². The quantitative estimate of drug-likeness (QED) is 0.368. The Labute approximate surface area is 209 Å². The first-order valence-corrected chi connectivity index (χ1v) is 12.6. The number of para-hydroxylation sites is 1. The SMILES string of the molecule is CCC(C)(C)C1CCc2nc3ccccc3c(C(=O)OCC(=O)Nc3ccc(Br)cc3C)c2C1. The van der Waals surface area contributed by atoms with Crippen molar-refractivity contribution in [3.8, 4) is 0 Å². The molecule has 34 heavy (non-hydrogen) atoms. The van der Waals surface area contributed by atoms with Crippen LogP contribution in [0.3, 0.4) is 0 Å². The van der Waals surface area contributed by atoms with E-state index in [1.165, 1.54) is 0 Å². The number of aromatic nitrogens is 1. The number of esters is 1. The maximum Gasteiger partial charge on any atom is 0.339 e. The lowest BCUT2D eigenvalue weighted by molar-refractivity contribution is -0.119. The molecule has 2 aromatic carbocycles. The van der Waals surface area contributed by atoms with Gasteiger partial charge in [0.2, 0.25) is 0 Å². The molecule has 1 heterocycles. The summed E-state index contributed by atoms with van der Waals surface area (Å²) in [6.45, 7) is 8.38. The van der Waals surface area contributed by atoms with E-state index in [4.69, 9.17) is 9.72 Å². The summed E-state index contributed by atoms with van der Waals surface area (Å²) in [6, 6.07) is 13.3. The Hall–Kier alpha value is -2.73. The number of nitrogens with one attached hydrogen (secondary N) is 1. The number of carbonyl (C=O) groups excluding carboxylic acids is 2. The van der Waals surface area contributed by atoms with Gasteiger partial charge >= 0.3 is 5.97 Å². The van der Waals surface area contributed by atoms with Gasteiger partial charge in [0.25, 0.3) is 5.91 Å². The second kappa shape index (κ2) is 9.87. The lowest BCUT2D eigenvalue weighted by Crippen LogP contribution is -2.31. The summed E-state index contributed by atoms with van der Waals surface area (Å²) in [6.07, 6.45) is 3.77. The fraction of sp³-hybridized carbons (Fsp3) is 0.393. The topological polar surface area (TPSA) is 68.3 Å². The van der Waals surface area contributed by atoms with Crippen molar-refractivity contribution >= 4 is 44.4 Å². The summed E-state index contributed by atoms with van der Waals surface area (Å²) in [5, 5.41) is 3.61. The van der Waals surface area contributed by atoms with Crippen molar-refractivity contribution in [2.24, 2.45) is 11.3 Å². The standard InChI is InChI=1S/C28H31BrN2O3/c1-5-28(3,4)18-10-12-24-21(15-18)26(20-8-6-7-9-23(20)30-24)27(33)34-16-25(32)31-22-13-11-19(29)14-17(22)2/h6-9,11,13-14,18H,5,10,12,15-16H2,1-4H3,(H,31,32). The van der Waals surface area contributed by atoms with E-state index in [9.17, 15) is 9.59 Å². The Morgan fingerprint density at radius 3 is 2.71 bits per heavy atom. The van der Waals surface area contributed by atoms with Crippen molar-refractivity contribution in [2.45, 2.75) is 53.4 Å². The largest absolute Gasteiger partial charge is 0.452 e. The molecule has 0 saturated heterocycles. The van der Waals surface area contributed by atoms with Gasteiger partial charge in [-0.2, -0.15) is 0 Å². The average Bonchev–Trinajstić information content (AvgIpc) is 2.82. The highest BCUT2D eigenvalue weighted by molar-refractivity contribution is 9.10. The molecule has 1 N–H and O–H groups in total. The van der Waals surface area contributed by atoms with E-state index >= 15 is 0 Å². The zero-order valence-electron chi connectivity index (χ0n) is 20.2. The molecule has 0 saturated carbocycles. The smallest absolute Gasteiger partial charge is 0.339 e. The number of carbonyl (C=O) groups is 2. The summed E-state index contributed by atoms with van der Waals surface area (Å²) >= 11 is 3.42. The molecule has 178 valence electrons. The summed E-state index contributed by atoms with van der Waals surface area (Å²) in [7, 11) is 0. The van der Waals surface area contributed by atoms with Crippen LogP contribution >= 0.6 is 15.9 Å². The number of nitrogens with zero attached hydrogens (tertiary/aromatic N) is 1. The van der Waals surface area contributed by atoms with E-state index in [2.05, 4.69) is 42.0 Å². The van der Waals surface area contributed by atoms with Crippen molar-refractivity contribution in [1.82, 2.24) is 4.98 Å². The van der Waals surface area contributed by atoms with Crippen LogP contribution in [0.1, 0.15) is 60.8 Å². The van der Waals surface area contributed by atoms with Gasteiger partial charge in [-0.25, -0.2) is 4.79 Å². The molecule has 1 aromatic heterocycles. The molecule has 0 bridgehead atoms. The number of rotatable bonds is 6. The number of benzene rings is 2. The lowest BCUT2D eigenvalue weighted by Gasteiger charge is -2.37. The van der Waals surface area contributed by atoms with Crippen LogP contribution in [0.25, 0.3) is 10.9 Å². The maximum absolute atomic E-state index is 13.4. The van der Waals surface area contributed by atoms with Crippen molar-refractivity contribution in [1.29, 1.82) is 0 Å². The predicted molar refractivity (Wildman–Crippen MR) is 139 cm³/mol. The first kappa shape index (κ1) is 24.4. The average molecular weight is 523 g/mol. The van der Waals surface area contributed by atoms with Crippen molar-refractivity contribution in [3.05, 3.63) is 69.3 Å². The first-order chi connectivity index (χ1) is 16.2. The van der Waals surface area contributed by atoms with Crippen molar-refractivity contribution < 1.29 is 14.3 Å². The molecule has 1 aliphatic rings. The summed E-state index contributed by atoms with van der Waals surface area (Å²) in [5.41, 5.74) is 5.09. The van der Waals surface area contributed by atoms with Crippen molar-refractivity contribution in [3.63, 3.8) is 0 Å². The van der Waals surface area contributed by atoms with Crippen LogP contribution in [0.2, 0.25) is 0 Å². The predicted octanol–water partition coefficient (Wildman–Crippen LogP) is 6.64. The number of hydrogen-bond donors (Lipinski definition) is 1. The fourth-order valence-corrected chi connectivity index (χ4v) is 5.21.